The van der Waals surface area contributed by atoms with Crippen molar-refractivity contribution in [3.05, 3.63) is 35.9 Å². The highest BCUT2D eigenvalue weighted by Gasteiger charge is 2.26. The van der Waals surface area contributed by atoms with E-state index in [9.17, 15) is 0 Å². The Morgan fingerprint density at radius 3 is 1.89 bits per heavy atom. The predicted octanol–water partition coefficient (Wildman–Crippen LogP) is 7.50. The molecule has 1 fully saturated rings. The molecule has 0 aromatic heterocycles. The summed E-state index contributed by atoms with van der Waals surface area (Å²) in [4.78, 5) is 0. The highest BCUT2D eigenvalue weighted by atomic mass is 16.6. The van der Waals surface area contributed by atoms with Gasteiger partial charge in [0.25, 0.3) is 0 Å². The van der Waals surface area contributed by atoms with Gasteiger partial charge in [0.1, 0.15) is 6.10 Å². The standard InChI is InChI=1S/C31H54O5/c1-3-4-5-6-7-8-9-10-11-12-16-20-30-31(36-24-23-35-30)21-17-22-33-26-29(32-2)27-34-25-28-18-14-13-15-19-28/h13-15,18-19,29-31H,3-12,16-17,20-27H2,1-2H3. The van der Waals surface area contributed by atoms with Crippen molar-refractivity contribution in [2.75, 3.05) is 40.1 Å². The first-order valence-electron chi connectivity index (χ1n) is 14.8. The van der Waals surface area contributed by atoms with Crippen molar-refractivity contribution < 1.29 is 23.7 Å². The molecule has 1 heterocycles. The normalized spacial score (nSPS) is 18.9. The molecule has 0 saturated carbocycles. The second kappa shape index (κ2) is 22.0. The summed E-state index contributed by atoms with van der Waals surface area (Å²) in [7, 11) is 1.71. The summed E-state index contributed by atoms with van der Waals surface area (Å²) >= 11 is 0. The van der Waals surface area contributed by atoms with Gasteiger partial charge < -0.3 is 23.7 Å². The van der Waals surface area contributed by atoms with Crippen LogP contribution in [0.15, 0.2) is 30.3 Å². The van der Waals surface area contributed by atoms with Gasteiger partial charge in [-0.25, -0.2) is 0 Å². The number of unbranched alkanes of at least 4 members (excludes halogenated alkanes) is 10. The molecule has 36 heavy (non-hydrogen) atoms. The van der Waals surface area contributed by atoms with Crippen LogP contribution in [-0.2, 0) is 30.3 Å². The fourth-order valence-electron chi connectivity index (χ4n) is 4.83. The molecule has 1 aliphatic rings. The third-order valence-corrected chi connectivity index (χ3v) is 7.08. The highest BCUT2D eigenvalue weighted by Crippen LogP contribution is 2.21. The van der Waals surface area contributed by atoms with E-state index in [2.05, 4.69) is 19.1 Å². The van der Waals surface area contributed by atoms with Gasteiger partial charge in [-0.1, -0.05) is 108 Å². The first-order valence-corrected chi connectivity index (χ1v) is 14.8. The summed E-state index contributed by atoms with van der Waals surface area (Å²) in [6.45, 7) is 6.12. The maximum absolute atomic E-state index is 6.07. The number of methoxy groups -OCH3 is 1. The lowest BCUT2D eigenvalue weighted by Gasteiger charge is -2.32. The summed E-state index contributed by atoms with van der Waals surface area (Å²) in [5.74, 6) is 0. The first kappa shape index (κ1) is 31.2. The Hall–Kier alpha value is -0.980. The maximum Gasteiger partial charge on any atom is 0.104 e. The van der Waals surface area contributed by atoms with Crippen molar-refractivity contribution in [1.82, 2.24) is 0 Å². The van der Waals surface area contributed by atoms with Gasteiger partial charge >= 0.3 is 0 Å². The van der Waals surface area contributed by atoms with Gasteiger partial charge in [0.05, 0.1) is 45.2 Å². The smallest absolute Gasteiger partial charge is 0.104 e. The molecular formula is C31H54O5. The summed E-state index contributed by atoms with van der Waals surface area (Å²) in [6.07, 6.45) is 18.6. The fourth-order valence-corrected chi connectivity index (χ4v) is 4.83. The van der Waals surface area contributed by atoms with Crippen molar-refractivity contribution >= 4 is 0 Å². The van der Waals surface area contributed by atoms with Crippen LogP contribution in [0.3, 0.4) is 0 Å². The molecule has 208 valence electrons. The van der Waals surface area contributed by atoms with Gasteiger partial charge in [0.2, 0.25) is 0 Å². The molecule has 1 aromatic carbocycles. The summed E-state index contributed by atoms with van der Waals surface area (Å²) in [5, 5.41) is 0. The van der Waals surface area contributed by atoms with Crippen LogP contribution in [0.2, 0.25) is 0 Å². The van der Waals surface area contributed by atoms with E-state index < -0.39 is 0 Å². The second-order valence-electron chi connectivity index (χ2n) is 10.2. The number of rotatable bonds is 23. The van der Waals surface area contributed by atoms with Crippen LogP contribution in [0.5, 0.6) is 0 Å². The number of benzene rings is 1. The number of ether oxygens (including phenoxy) is 5. The molecular weight excluding hydrogens is 452 g/mol. The van der Waals surface area contributed by atoms with E-state index in [-0.39, 0.29) is 18.3 Å². The van der Waals surface area contributed by atoms with Gasteiger partial charge in [-0.2, -0.15) is 0 Å². The van der Waals surface area contributed by atoms with Gasteiger partial charge in [-0.15, -0.1) is 0 Å². The van der Waals surface area contributed by atoms with E-state index in [1.165, 1.54) is 76.2 Å². The Morgan fingerprint density at radius 2 is 1.28 bits per heavy atom. The molecule has 2 rings (SSSR count). The van der Waals surface area contributed by atoms with Crippen molar-refractivity contribution in [1.29, 1.82) is 0 Å². The predicted molar refractivity (Wildman–Crippen MR) is 148 cm³/mol. The zero-order chi connectivity index (χ0) is 25.5. The zero-order valence-corrected chi connectivity index (χ0v) is 23.3. The molecule has 1 aliphatic heterocycles. The van der Waals surface area contributed by atoms with Crippen LogP contribution in [0.25, 0.3) is 0 Å². The molecule has 0 spiro atoms. The minimum absolute atomic E-state index is 0.0446. The third-order valence-electron chi connectivity index (χ3n) is 7.08. The van der Waals surface area contributed by atoms with Crippen LogP contribution in [0.1, 0.15) is 102 Å². The molecule has 3 unspecified atom stereocenters. The van der Waals surface area contributed by atoms with Gasteiger partial charge in [0.15, 0.2) is 0 Å². The quantitative estimate of drug-likeness (QED) is 0.144. The van der Waals surface area contributed by atoms with E-state index in [1.807, 2.05) is 18.2 Å². The molecule has 5 nitrogen and oxygen atoms in total. The summed E-state index contributed by atoms with van der Waals surface area (Å²) in [5.41, 5.74) is 1.17. The van der Waals surface area contributed by atoms with Gasteiger partial charge in [-0.3, -0.25) is 0 Å². The summed E-state index contributed by atoms with van der Waals surface area (Å²) < 4.78 is 29.3. The van der Waals surface area contributed by atoms with E-state index in [1.54, 1.807) is 7.11 Å². The minimum Gasteiger partial charge on any atom is -0.379 e. The Kier molecular flexibility index (Phi) is 19.1. The minimum atomic E-state index is -0.0446. The van der Waals surface area contributed by atoms with Crippen molar-refractivity contribution in [2.45, 2.75) is 122 Å². The van der Waals surface area contributed by atoms with Crippen molar-refractivity contribution in [3.63, 3.8) is 0 Å². The zero-order valence-electron chi connectivity index (χ0n) is 23.3. The fraction of sp³-hybridized carbons (Fsp3) is 0.806. The van der Waals surface area contributed by atoms with Crippen LogP contribution >= 0.6 is 0 Å². The number of hydrogen-bond donors (Lipinski definition) is 0. The topological polar surface area (TPSA) is 46.2 Å². The van der Waals surface area contributed by atoms with E-state index in [0.717, 1.165) is 25.9 Å². The summed E-state index contributed by atoms with van der Waals surface area (Å²) in [6, 6.07) is 10.2. The van der Waals surface area contributed by atoms with Crippen molar-refractivity contribution in [3.8, 4) is 0 Å². The Balaban J connectivity index is 1.46. The average molecular weight is 507 g/mol. The first-order chi connectivity index (χ1) is 17.8. The molecule has 0 aliphatic carbocycles. The van der Waals surface area contributed by atoms with Crippen LogP contribution < -0.4 is 0 Å². The molecule has 1 saturated heterocycles. The molecule has 0 amide bonds. The lowest BCUT2D eigenvalue weighted by atomic mass is 10.00. The molecule has 0 radical (unpaired) electrons. The largest absolute Gasteiger partial charge is 0.379 e. The monoisotopic (exact) mass is 506 g/mol. The second-order valence-corrected chi connectivity index (χ2v) is 10.2. The Bertz CT molecular complexity index is 596. The van der Waals surface area contributed by atoms with E-state index in [4.69, 9.17) is 23.7 Å². The maximum atomic E-state index is 6.07. The molecule has 1 aromatic rings. The van der Waals surface area contributed by atoms with E-state index >= 15 is 0 Å². The Morgan fingerprint density at radius 1 is 0.722 bits per heavy atom. The average Bonchev–Trinajstić information content (AvgIpc) is 2.91. The van der Waals surface area contributed by atoms with Crippen molar-refractivity contribution in [2.24, 2.45) is 0 Å². The third kappa shape index (κ3) is 15.3. The molecule has 0 bridgehead atoms. The van der Waals surface area contributed by atoms with Crippen LogP contribution in [0.4, 0.5) is 0 Å². The van der Waals surface area contributed by atoms with Gasteiger partial charge in [0, 0.05) is 13.7 Å². The lowest BCUT2D eigenvalue weighted by molar-refractivity contribution is -0.146. The molecule has 3 atom stereocenters. The van der Waals surface area contributed by atoms with Crippen LogP contribution in [0, 0.1) is 0 Å². The number of hydrogen-bond acceptors (Lipinski definition) is 5. The molecule has 5 heteroatoms. The SMILES string of the molecule is CCCCCCCCCCCCCC1OCCOC1CCCOCC(COCc1ccccc1)OC. The highest BCUT2D eigenvalue weighted by molar-refractivity contribution is 5.13. The lowest BCUT2D eigenvalue weighted by Crippen LogP contribution is -2.38. The Labute approximate surface area is 221 Å². The van der Waals surface area contributed by atoms with E-state index in [0.29, 0.717) is 33.0 Å². The van der Waals surface area contributed by atoms with Crippen LogP contribution in [-0.4, -0.2) is 58.5 Å². The molecule has 0 N–H and O–H groups in total. The van der Waals surface area contributed by atoms with Gasteiger partial charge in [-0.05, 0) is 24.8 Å².